The average Bonchev–Trinajstić information content (AvgIpc) is 2.90. The zero-order chi connectivity index (χ0) is 18.2. The monoisotopic (exact) mass is 372 g/mol. The van der Waals surface area contributed by atoms with Crippen LogP contribution in [0.5, 0.6) is 0 Å². The first-order chi connectivity index (χ1) is 11.8. The fourth-order valence-electron chi connectivity index (χ4n) is 4.04. The van der Waals surface area contributed by atoms with Gasteiger partial charge in [-0.25, -0.2) is 13.2 Å². The summed E-state index contributed by atoms with van der Waals surface area (Å²) >= 11 is 0. The molecule has 0 aromatic heterocycles. The fourth-order valence-corrected chi connectivity index (χ4v) is 6.05. The highest BCUT2D eigenvalue weighted by molar-refractivity contribution is 7.91. The largest absolute Gasteiger partial charge is 0.348 e. The van der Waals surface area contributed by atoms with Crippen molar-refractivity contribution in [2.45, 2.75) is 31.3 Å². The van der Waals surface area contributed by atoms with E-state index >= 15 is 0 Å². The molecule has 8 nitrogen and oxygen atoms in total. The smallest absolute Gasteiger partial charge is 0.320 e. The number of urea groups is 1. The van der Waals surface area contributed by atoms with Crippen molar-refractivity contribution in [3.8, 4) is 0 Å². The number of piperazine rings is 1. The normalized spacial score (nSPS) is 29.4. The lowest BCUT2D eigenvalue weighted by atomic mass is 10.0. The number of amides is 3. The highest BCUT2D eigenvalue weighted by Crippen LogP contribution is 2.28. The molecule has 3 rings (SSSR count). The summed E-state index contributed by atoms with van der Waals surface area (Å²) in [5.74, 6) is -0.00894. The number of piperidine rings is 1. The standard InChI is InChI=1S/C16H28N4O4S/c1-17(2)15(21)10-19-8-9-20(14-12-25(23,24)11-13(14)19)16(22)18-6-4-3-5-7-18/h13-14H,3-12H2,1-2H3/t13-,14+/m1/s1. The number of nitrogens with zero attached hydrogens (tertiary/aromatic N) is 4. The molecule has 0 saturated carbocycles. The molecular formula is C16H28N4O4S. The van der Waals surface area contributed by atoms with Crippen LogP contribution in [-0.4, -0.2) is 110 Å². The number of rotatable bonds is 2. The molecule has 2 atom stereocenters. The van der Waals surface area contributed by atoms with Gasteiger partial charge in [0.25, 0.3) is 0 Å². The molecule has 0 unspecified atom stereocenters. The lowest BCUT2D eigenvalue weighted by Gasteiger charge is -2.45. The van der Waals surface area contributed by atoms with Gasteiger partial charge < -0.3 is 14.7 Å². The van der Waals surface area contributed by atoms with E-state index in [0.717, 1.165) is 32.4 Å². The predicted molar refractivity (Wildman–Crippen MR) is 94.0 cm³/mol. The van der Waals surface area contributed by atoms with Crippen molar-refractivity contribution in [3.63, 3.8) is 0 Å². The van der Waals surface area contributed by atoms with E-state index in [4.69, 9.17) is 0 Å². The van der Waals surface area contributed by atoms with Crippen LogP contribution in [0.25, 0.3) is 0 Å². The number of hydrogen-bond donors (Lipinski definition) is 0. The zero-order valence-electron chi connectivity index (χ0n) is 15.1. The van der Waals surface area contributed by atoms with E-state index in [9.17, 15) is 18.0 Å². The van der Waals surface area contributed by atoms with Gasteiger partial charge in [0.2, 0.25) is 5.91 Å². The van der Waals surface area contributed by atoms with E-state index in [-0.39, 0.29) is 42.1 Å². The van der Waals surface area contributed by atoms with Crippen LogP contribution in [0.1, 0.15) is 19.3 Å². The Kier molecular flexibility index (Phi) is 5.24. The molecule has 3 aliphatic rings. The van der Waals surface area contributed by atoms with Gasteiger partial charge in [0.05, 0.1) is 24.1 Å². The third kappa shape index (κ3) is 3.92. The van der Waals surface area contributed by atoms with Crippen molar-refractivity contribution in [1.29, 1.82) is 0 Å². The third-order valence-corrected chi connectivity index (χ3v) is 7.20. The minimum atomic E-state index is -3.19. The zero-order valence-corrected chi connectivity index (χ0v) is 15.9. The molecule has 3 fully saturated rings. The number of hydrogen-bond acceptors (Lipinski definition) is 5. The highest BCUT2D eigenvalue weighted by Gasteiger charge is 2.49. The van der Waals surface area contributed by atoms with Crippen LogP contribution in [0.2, 0.25) is 0 Å². The molecule has 0 spiro atoms. The van der Waals surface area contributed by atoms with E-state index < -0.39 is 9.84 Å². The van der Waals surface area contributed by atoms with Crippen LogP contribution >= 0.6 is 0 Å². The van der Waals surface area contributed by atoms with E-state index in [1.54, 1.807) is 19.0 Å². The SMILES string of the molecule is CN(C)C(=O)CN1CCN(C(=O)N2CCCCC2)[C@H]2CS(=O)(=O)C[C@H]21. The van der Waals surface area contributed by atoms with E-state index in [0.29, 0.717) is 13.1 Å². The molecule has 3 aliphatic heterocycles. The number of likely N-dealkylation sites (N-methyl/N-ethyl adjacent to an activating group) is 1. The van der Waals surface area contributed by atoms with Crippen molar-refractivity contribution in [2.24, 2.45) is 0 Å². The molecule has 9 heteroatoms. The van der Waals surface area contributed by atoms with Gasteiger partial charge in [-0.1, -0.05) is 0 Å². The fraction of sp³-hybridized carbons (Fsp3) is 0.875. The lowest BCUT2D eigenvalue weighted by Crippen LogP contribution is -2.63. The topological polar surface area (TPSA) is 81.2 Å². The Bertz CT molecular complexity index is 630. The van der Waals surface area contributed by atoms with Crippen molar-refractivity contribution in [2.75, 3.05) is 58.3 Å². The minimum absolute atomic E-state index is 0.00387. The highest BCUT2D eigenvalue weighted by atomic mass is 32.2. The van der Waals surface area contributed by atoms with E-state index in [1.807, 2.05) is 9.80 Å². The Morgan fingerprint density at radius 3 is 2.24 bits per heavy atom. The van der Waals surface area contributed by atoms with Gasteiger partial charge in [-0.3, -0.25) is 9.69 Å². The molecular weight excluding hydrogens is 344 g/mol. The van der Waals surface area contributed by atoms with Gasteiger partial charge >= 0.3 is 6.03 Å². The van der Waals surface area contributed by atoms with Crippen LogP contribution in [-0.2, 0) is 14.6 Å². The van der Waals surface area contributed by atoms with Crippen molar-refractivity contribution >= 4 is 21.8 Å². The third-order valence-electron chi connectivity index (χ3n) is 5.50. The first-order valence-electron chi connectivity index (χ1n) is 8.99. The first-order valence-corrected chi connectivity index (χ1v) is 10.8. The summed E-state index contributed by atoms with van der Waals surface area (Å²) in [5.41, 5.74) is 0. The molecule has 25 heavy (non-hydrogen) atoms. The molecule has 0 aromatic carbocycles. The van der Waals surface area contributed by atoms with Gasteiger partial charge in [-0.05, 0) is 19.3 Å². The lowest BCUT2D eigenvalue weighted by molar-refractivity contribution is -0.131. The Morgan fingerprint density at radius 2 is 1.60 bits per heavy atom. The van der Waals surface area contributed by atoms with Gasteiger partial charge in [-0.2, -0.15) is 0 Å². The quantitative estimate of drug-likeness (QED) is 0.651. The summed E-state index contributed by atoms with van der Waals surface area (Å²) in [5, 5.41) is 0. The van der Waals surface area contributed by atoms with Crippen LogP contribution in [0, 0.1) is 0 Å². The number of carbonyl (C=O) groups is 2. The van der Waals surface area contributed by atoms with Crippen LogP contribution in [0.4, 0.5) is 4.79 Å². The molecule has 0 radical (unpaired) electrons. The maximum atomic E-state index is 12.9. The minimum Gasteiger partial charge on any atom is -0.348 e. The Labute approximate surface area is 149 Å². The average molecular weight is 372 g/mol. The summed E-state index contributed by atoms with van der Waals surface area (Å²) in [4.78, 5) is 32.0. The molecule has 0 aliphatic carbocycles. The van der Waals surface area contributed by atoms with Crippen molar-refractivity contribution in [3.05, 3.63) is 0 Å². The second-order valence-corrected chi connectivity index (χ2v) is 9.65. The maximum absolute atomic E-state index is 12.9. The Hall–Kier alpha value is -1.35. The van der Waals surface area contributed by atoms with Gasteiger partial charge in [0.1, 0.15) is 0 Å². The van der Waals surface area contributed by atoms with E-state index in [2.05, 4.69) is 0 Å². The second kappa shape index (κ2) is 7.11. The molecule has 142 valence electrons. The summed E-state index contributed by atoms with van der Waals surface area (Å²) in [6, 6.07) is -0.662. The Balaban J connectivity index is 1.76. The van der Waals surface area contributed by atoms with Gasteiger partial charge in [0, 0.05) is 46.3 Å². The first kappa shape index (κ1) is 18.4. The summed E-state index contributed by atoms with van der Waals surface area (Å²) in [6.07, 6.45) is 3.16. The molecule has 0 aromatic rings. The van der Waals surface area contributed by atoms with Crippen LogP contribution < -0.4 is 0 Å². The maximum Gasteiger partial charge on any atom is 0.320 e. The van der Waals surface area contributed by atoms with Crippen molar-refractivity contribution < 1.29 is 18.0 Å². The molecule has 3 amide bonds. The molecule has 3 heterocycles. The number of fused-ring (bicyclic) bond motifs is 1. The summed E-state index contributed by atoms with van der Waals surface area (Å²) in [6.45, 7) is 2.72. The Morgan fingerprint density at radius 1 is 0.960 bits per heavy atom. The second-order valence-electron chi connectivity index (χ2n) is 7.49. The number of carbonyl (C=O) groups excluding carboxylic acids is 2. The van der Waals surface area contributed by atoms with Crippen molar-refractivity contribution in [1.82, 2.24) is 19.6 Å². The summed E-state index contributed by atoms with van der Waals surface area (Å²) < 4.78 is 24.5. The van der Waals surface area contributed by atoms with E-state index in [1.165, 1.54) is 4.90 Å². The summed E-state index contributed by atoms with van der Waals surface area (Å²) in [7, 11) is 0.198. The number of sulfone groups is 1. The van der Waals surface area contributed by atoms with Crippen LogP contribution in [0.15, 0.2) is 0 Å². The molecule has 0 bridgehead atoms. The van der Waals surface area contributed by atoms with Crippen LogP contribution in [0.3, 0.4) is 0 Å². The molecule has 3 saturated heterocycles. The number of likely N-dealkylation sites (tertiary alicyclic amines) is 1. The molecule has 0 N–H and O–H groups in total. The predicted octanol–water partition coefficient (Wildman–Crippen LogP) is -0.536. The van der Waals surface area contributed by atoms with Gasteiger partial charge in [-0.15, -0.1) is 0 Å². The van der Waals surface area contributed by atoms with Gasteiger partial charge in [0.15, 0.2) is 9.84 Å².